The number of hydrogen-bond acceptors (Lipinski definition) is 3. The molecule has 0 atom stereocenters. The number of nitrogens with zero attached hydrogens (tertiary/aromatic N) is 1. The minimum absolute atomic E-state index is 0.0729. The van der Waals surface area contributed by atoms with E-state index in [2.05, 4.69) is 5.32 Å². The van der Waals surface area contributed by atoms with Crippen LogP contribution in [0.4, 0.5) is 11.4 Å². The summed E-state index contributed by atoms with van der Waals surface area (Å²) in [6, 6.07) is 2.38. The molecule has 98 valence electrons. The smallest absolute Gasteiger partial charge is 0.289 e. The fourth-order valence-corrected chi connectivity index (χ4v) is 1.52. The molecular weight excluding hydrogens is 279 g/mol. The molecule has 0 bridgehead atoms. The molecule has 1 rings (SSSR count). The van der Waals surface area contributed by atoms with Crippen LogP contribution >= 0.6 is 23.2 Å². The first-order chi connectivity index (χ1) is 8.12. The topological polar surface area (TPSA) is 72.2 Å². The molecule has 0 saturated heterocycles. The Hall–Kier alpha value is -1.33. The number of carbonyl (C=O) groups is 1. The molecule has 0 aliphatic heterocycles. The van der Waals surface area contributed by atoms with E-state index < -0.39 is 10.3 Å². The molecule has 0 aromatic heterocycles. The summed E-state index contributed by atoms with van der Waals surface area (Å²) in [7, 11) is 0. The van der Waals surface area contributed by atoms with Gasteiger partial charge < -0.3 is 5.32 Å². The van der Waals surface area contributed by atoms with Crippen LogP contribution in [-0.2, 0) is 4.79 Å². The lowest BCUT2D eigenvalue weighted by molar-refractivity contribution is -0.384. The molecule has 1 aromatic rings. The van der Waals surface area contributed by atoms with Gasteiger partial charge >= 0.3 is 0 Å². The quantitative estimate of drug-likeness (QED) is 0.663. The standard InChI is InChI=1S/C11H12Cl2N2O3/c1-11(2,3)10(16)14-8-4-7(13)9(15(17)18)5-6(8)12/h4-5H,1-3H3,(H,14,16). The monoisotopic (exact) mass is 290 g/mol. The summed E-state index contributed by atoms with van der Waals surface area (Å²) in [6.45, 7) is 5.22. The Morgan fingerprint density at radius 1 is 1.28 bits per heavy atom. The van der Waals surface area contributed by atoms with Gasteiger partial charge in [-0.1, -0.05) is 44.0 Å². The summed E-state index contributed by atoms with van der Waals surface area (Å²) in [4.78, 5) is 21.8. The summed E-state index contributed by atoms with van der Waals surface area (Å²) in [5.41, 5.74) is -0.639. The lowest BCUT2D eigenvalue weighted by Gasteiger charge is -2.18. The van der Waals surface area contributed by atoms with Crippen molar-refractivity contribution in [2.24, 2.45) is 5.41 Å². The highest BCUT2D eigenvalue weighted by atomic mass is 35.5. The first kappa shape index (κ1) is 14.7. The Morgan fingerprint density at radius 3 is 2.28 bits per heavy atom. The van der Waals surface area contributed by atoms with E-state index in [1.165, 1.54) is 6.07 Å². The van der Waals surface area contributed by atoms with Crippen molar-refractivity contribution in [1.82, 2.24) is 0 Å². The second-order valence-electron chi connectivity index (χ2n) is 4.74. The summed E-state index contributed by atoms with van der Waals surface area (Å²) < 4.78 is 0. The Labute approximate surface area is 114 Å². The number of rotatable bonds is 2. The molecule has 0 aliphatic carbocycles. The van der Waals surface area contributed by atoms with E-state index in [1.807, 2.05) is 0 Å². The number of carbonyl (C=O) groups excluding carboxylic acids is 1. The van der Waals surface area contributed by atoms with Crippen molar-refractivity contribution in [3.05, 3.63) is 32.3 Å². The van der Waals surface area contributed by atoms with E-state index in [4.69, 9.17) is 23.2 Å². The molecule has 0 aliphatic rings. The number of nitro groups is 1. The van der Waals surface area contributed by atoms with Crippen LogP contribution in [0.5, 0.6) is 0 Å². The maximum atomic E-state index is 11.8. The van der Waals surface area contributed by atoms with E-state index in [9.17, 15) is 14.9 Å². The van der Waals surface area contributed by atoms with Gasteiger partial charge in [0.1, 0.15) is 5.02 Å². The Morgan fingerprint density at radius 2 is 1.83 bits per heavy atom. The van der Waals surface area contributed by atoms with E-state index in [1.54, 1.807) is 20.8 Å². The maximum Gasteiger partial charge on any atom is 0.289 e. The first-order valence-electron chi connectivity index (χ1n) is 5.08. The zero-order chi connectivity index (χ0) is 14.1. The molecule has 0 radical (unpaired) electrons. The lowest BCUT2D eigenvalue weighted by Crippen LogP contribution is -2.27. The second kappa shape index (κ2) is 5.12. The van der Waals surface area contributed by atoms with Crippen LogP contribution in [0, 0.1) is 15.5 Å². The molecule has 1 N–H and O–H groups in total. The van der Waals surface area contributed by atoms with Gasteiger partial charge in [-0.15, -0.1) is 0 Å². The van der Waals surface area contributed by atoms with E-state index >= 15 is 0 Å². The van der Waals surface area contributed by atoms with Crippen molar-refractivity contribution in [3.8, 4) is 0 Å². The molecule has 5 nitrogen and oxygen atoms in total. The van der Waals surface area contributed by atoms with Crippen molar-refractivity contribution in [3.63, 3.8) is 0 Å². The average Bonchev–Trinajstić information content (AvgIpc) is 2.21. The Kier molecular flexibility index (Phi) is 4.19. The minimum atomic E-state index is -0.635. The van der Waals surface area contributed by atoms with Crippen molar-refractivity contribution < 1.29 is 9.72 Å². The zero-order valence-corrected chi connectivity index (χ0v) is 11.6. The maximum absolute atomic E-state index is 11.8. The molecule has 0 unspecified atom stereocenters. The van der Waals surface area contributed by atoms with Crippen LogP contribution in [0.2, 0.25) is 10.0 Å². The van der Waals surface area contributed by atoms with Gasteiger partial charge in [-0.25, -0.2) is 0 Å². The molecule has 0 heterocycles. The number of nitro benzene ring substituents is 1. The van der Waals surface area contributed by atoms with Gasteiger partial charge in [0.2, 0.25) is 5.91 Å². The summed E-state index contributed by atoms with van der Waals surface area (Å²) in [5.74, 6) is -0.255. The van der Waals surface area contributed by atoms with Crippen LogP contribution < -0.4 is 5.32 Å². The summed E-state index contributed by atoms with van der Waals surface area (Å²) in [6.07, 6.45) is 0. The summed E-state index contributed by atoms with van der Waals surface area (Å²) >= 11 is 11.6. The van der Waals surface area contributed by atoms with Crippen LogP contribution in [0.3, 0.4) is 0 Å². The zero-order valence-electron chi connectivity index (χ0n) is 10.1. The molecule has 1 amide bonds. The molecule has 0 spiro atoms. The Balaban J connectivity index is 3.10. The largest absolute Gasteiger partial charge is 0.324 e. The van der Waals surface area contributed by atoms with Gasteiger partial charge in [-0.2, -0.15) is 0 Å². The van der Waals surface area contributed by atoms with Crippen LogP contribution in [-0.4, -0.2) is 10.8 Å². The van der Waals surface area contributed by atoms with Crippen LogP contribution in [0.15, 0.2) is 12.1 Å². The van der Waals surface area contributed by atoms with Crippen LogP contribution in [0.25, 0.3) is 0 Å². The second-order valence-corrected chi connectivity index (χ2v) is 5.56. The number of nitrogens with one attached hydrogen (secondary N) is 1. The highest BCUT2D eigenvalue weighted by Crippen LogP contribution is 2.34. The number of hydrogen-bond donors (Lipinski definition) is 1. The van der Waals surface area contributed by atoms with E-state index in [0.29, 0.717) is 0 Å². The SMILES string of the molecule is CC(C)(C)C(=O)Nc1cc(Cl)c([N+](=O)[O-])cc1Cl. The number of halogens is 2. The molecule has 0 fully saturated rings. The van der Waals surface area contributed by atoms with E-state index in [-0.39, 0.29) is 27.3 Å². The third-order valence-corrected chi connectivity index (χ3v) is 2.78. The van der Waals surface area contributed by atoms with E-state index in [0.717, 1.165) is 6.07 Å². The van der Waals surface area contributed by atoms with Gasteiger partial charge in [0, 0.05) is 11.5 Å². The molecule has 18 heavy (non-hydrogen) atoms. The van der Waals surface area contributed by atoms with Crippen molar-refractivity contribution in [1.29, 1.82) is 0 Å². The number of anilines is 1. The van der Waals surface area contributed by atoms with Crippen molar-refractivity contribution >= 4 is 40.5 Å². The predicted molar refractivity (Wildman–Crippen MR) is 71.2 cm³/mol. The highest BCUT2D eigenvalue weighted by molar-refractivity contribution is 6.37. The summed E-state index contributed by atoms with van der Waals surface area (Å²) in [5, 5.41) is 13.2. The van der Waals surface area contributed by atoms with Gasteiger partial charge in [0.05, 0.1) is 15.6 Å². The number of amides is 1. The molecular formula is C11H12Cl2N2O3. The normalized spacial score (nSPS) is 11.2. The highest BCUT2D eigenvalue weighted by Gasteiger charge is 2.23. The third-order valence-electron chi connectivity index (χ3n) is 2.16. The average molecular weight is 291 g/mol. The lowest BCUT2D eigenvalue weighted by atomic mass is 9.95. The van der Waals surface area contributed by atoms with Gasteiger partial charge in [-0.05, 0) is 6.07 Å². The predicted octanol–water partition coefficient (Wildman–Crippen LogP) is 3.89. The van der Waals surface area contributed by atoms with Gasteiger partial charge in [0.15, 0.2) is 0 Å². The van der Waals surface area contributed by atoms with Crippen molar-refractivity contribution in [2.45, 2.75) is 20.8 Å². The van der Waals surface area contributed by atoms with Gasteiger partial charge in [-0.3, -0.25) is 14.9 Å². The first-order valence-corrected chi connectivity index (χ1v) is 5.83. The fourth-order valence-electron chi connectivity index (χ4n) is 1.08. The van der Waals surface area contributed by atoms with Crippen molar-refractivity contribution in [2.75, 3.05) is 5.32 Å². The number of benzene rings is 1. The Bertz CT molecular complexity index is 510. The van der Waals surface area contributed by atoms with Gasteiger partial charge in [0.25, 0.3) is 5.69 Å². The third kappa shape index (κ3) is 3.34. The molecule has 7 heteroatoms. The molecule has 1 aromatic carbocycles. The molecule has 0 saturated carbocycles. The van der Waals surface area contributed by atoms with Crippen LogP contribution in [0.1, 0.15) is 20.8 Å². The fraction of sp³-hybridized carbons (Fsp3) is 0.364. The minimum Gasteiger partial charge on any atom is -0.324 e.